The summed E-state index contributed by atoms with van der Waals surface area (Å²) in [5.41, 5.74) is 2.67. The molecule has 0 spiro atoms. The number of halogens is 1. The Morgan fingerprint density at radius 1 is 1.10 bits per heavy atom. The molecule has 0 saturated heterocycles. The predicted molar refractivity (Wildman–Crippen MR) is 87.6 cm³/mol. The Balaban J connectivity index is 2.37. The molecule has 1 atom stereocenters. The Hall–Kier alpha value is -1.87. The second kappa shape index (κ2) is 7.23. The largest absolute Gasteiger partial charge is 0.344 e. The van der Waals surface area contributed by atoms with Crippen LogP contribution in [0.25, 0.3) is 0 Å². The minimum Gasteiger partial charge on any atom is -0.344 e. The summed E-state index contributed by atoms with van der Waals surface area (Å²) in [6.45, 7) is 5.00. The van der Waals surface area contributed by atoms with Crippen LogP contribution in [0.5, 0.6) is 0 Å². The Morgan fingerprint density at radius 2 is 1.81 bits per heavy atom. The molecule has 0 saturated carbocycles. The summed E-state index contributed by atoms with van der Waals surface area (Å²) in [6, 6.07) is 15.3. The van der Waals surface area contributed by atoms with Crippen LogP contribution in [0.4, 0.5) is 15.8 Å². The molecule has 2 nitrogen and oxygen atoms in total. The van der Waals surface area contributed by atoms with Crippen LogP contribution in [0, 0.1) is 5.82 Å². The van der Waals surface area contributed by atoms with Crippen LogP contribution in [0.3, 0.4) is 0 Å². The molecule has 112 valence electrons. The number of rotatable bonds is 6. The van der Waals surface area contributed by atoms with Gasteiger partial charge in [-0.3, -0.25) is 0 Å². The van der Waals surface area contributed by atoms with E-state index < -0.39 is 0 Å². The molecule has 2 aromatic carbocycles. The van der Waals surface area contributed by atoms with Gasteiger partial charge in [-0.05, 0) is 44.2 Å². The quantitative estimate of drug-likeness (QED) is 0.831. The highest BCUT2D eigenvalue weighted by Crippen LogP contribution is 2.32. The van der Waals surface area contributed by atoms with Crippen LogP contribution in [-0.4, -0.2) is 13.6 Å². The minimum absolute atomic E-state index is 0.0210. The van der Waals surface area contributed by atoms with Crippen LogP contribution in [0.1, 0.15) is 31.9 Å². The summed E-state index contributed by atoms with van der Waals surface area (Å²) >= 11 is 0. The van der Waals surface area contributed by atoms with Crippen LogP contribution in [0.2, 0.25) is 0 Å². The second-order valence-corrected chi connectivity index (χ2v) is 5.24. The Bertz CT molecular complexity index is 569. The zero-order valence-electron chi connectivity index (χ0n) is 12.9. The van der Waals surface area contributed by atoms with Crippen molar-refractivity contribution >= 4 is 11.4 Å². The molecule has 2 aromatic rings. The van der Waals surface area contributed by atoms with Crippen molar-refractivity contribution in [3.63, 3.8) is 0 Å². The molecule has 21 heavy (non-hydrogen) atoms. The molecule has 0 aromatic heterocycles. The SMILES string of the molecule is CCCNC(C)c1c(F)cccc1N(C)c1ccccc1. The number of hydrogen-bond acceptors (Lipinski definition) is 2. The highest BCUT2D eigenvalue weighted by atomic mass is 19.1. The minimum atomic E-state index is -0.161. The van der Waals surface area contributed by atoms with Crippen molar-refractivity contribution in [2.75, 3.05) is 18.5 Å². The van der Waals surface area contributed by atoms with Crippen LogP contribution in [0.15, 0.2) is 48.5 Å². The van der Waals surface area contributed by atoms with Crippen molar-refractivity contribution in [2.45, 2.75) is 26.3 Å². The zero-order valence-corrected chi connectivity index (χ0v) is 12.9. The first-order valence-corrected chi connectivity index (χ1v) is 7.45. The van der Waals surface area contributed by atoms with E-state index in [1.165, 1.54) is 6.07 Å². The van der Waals surface area contributed by atoms with E-state index >= 15 is 0 Å². The first kappa shape index (κ1) is 15.5. The summed E-state index contributed by atoms with van der Waals surface area (Å²) in [5.74, 6) is -0.161. The van der Waals surface area contributed by atoms with Crippen molar-refractivity contribution in [3.05, 3.63) is 59.9 Å². The monoisotopic (exact) mass is 286 g/mol. The molecule has 0 aliphatic heterocycles. The van der Waals surface area contributed by atoms with Crippen LogP contribution < -0.4 is 10.2 Å². The fourth-order valence-corrected chi connectivity index (χ4v) is 2.50. The third-order valence-electron chi connectivity index (χ3n) is 3.67. The smallest absolute Gasteiger partial charge is 0.130 e. The van der Waals surface area contributed by atoms with E-state index in [2.05, 4.69) is 12.2 Å². The summed E-state index contributed by atoms with van der Waals surface area (Å²) in [4.78, 5) is 2.03. The normalized spacial score (nSPS) is 12.2. The topological polar surface area (TPSA) is 15.3 Å². The fourth-order valence-electron chi connectivity index (χ4n) is 2.50. The summed E-state index contributed by atoms with van der Waals surface area (Å²) < 4.78 is 14.3. The number of nitrogens with zero attached hydrogens (tertiary/aromatic N) is 1. The molecular weight excluding hydrogens is 263 g/mol. The van der Waals surface area contributed by atoms with Crippen molar-refractivity contribution < 1.29 is 4.39 Å². The van der Waals surface area contributed by atoms with E-state index in [9.17, 15) is 4.39 Å². The van der Waals surface area contributed by atoms with Gasteiger partial charge >= 0.3 is 0 Å². The van der Waals surface area contributed by atoms with Gasteiger partial charge in [0.05, 0.1) is 0 Å². The van der Waals surface area contributed by atoms with Crippen molar-refractivity contribution in [1.29, 1.82) is 0 Å². The molecule has 0 aliphatic carbocycles. The van der Waals surface area contributed by atoms with Crippen LogP contribution >= 0.6 is 0 Å². The number of anilines is 2. The van der Waals surface area contributed by atoms with Crippen LogP contribution in [-0.2, 0) is 0 Å². The molecule has 0 amide bonds. The summed E-state index contributed by atoms with van der Waals surface area (Å²) in [7, 11) is 1.97. The van der Waals surface area contributed by atoms with E-state index in [0.29, 0.717) is 0 Å². The maximum absolute atomic E-state index is 14.3. The first-order chi connectivity index (χ1) is 10.1. The number of nitrogens with one attached hydrogen (secondary N) is 1. The van der Waals surface area contributed by atoms with Gasteiger partial charge in [0.25, 0.3) is 0 Å². The molecule has 1 unspecified atom stereocenters. The van der Waals surface area contributed by atoms with Crippen molar-refractivity contribution in [1.82, 2.24) is 5.32 Å². The number of hydrogen-bond donors (Lipinski definition) is 1. The summed E-state index contributed by atoms with van der Waals surface area (Å²) in [6.07, 6.45) is 1.03. The van der Waals surface area contributed by atoms with Gasteiger partial charge in [-0.15, -0.1) is 0 Å². The lowest BCUT2D eigenvalue weighted by Gasteiger charge is -2.26. The third-order valence-corrected chi connectivity index (χ3v) is 3.67. The van der Waals surface area contributed by atoms with E-state index in [1.807, 2.05) is 55.3 Å². The molecule has 3 heteroatoms. The molecular formula is C18H23FN2. The van der Waals surface area contributed by atoms with Gasteiger partial charge in [0.2, 0.25) is 0 Å². The highest BCUT2D eigenvalue weighted by Gasteiger charge is 2.18. The Morgan fingerprint density at radius 3 is 2.48 bits per heavy atom. The van der Waals surface area contributed by atoms with Gasteiger partial charge in [0.1, 0.15) is 5.82 Å². The fraction of sp³-hybridized carbons (Fsp3) is 0.333. The lowest BCUT2D eigenvalue weighted by molar-refractivity contribution is 0.528. The van der Waals surface area contributed by atoms with E-state index in [0.717, 1.165) is 29.9 Å². The second-order valence-electron chi connectivity index (χ2n) is 5.24. The Kier molecular flexibility index (Phi) is 5.34. The molecule has 0 aliphatic rings. The van der Waals surface area contributed by atoms with E-state index in [1.54, 1.807) is 6.07 Å². The van der Waals surface area contributed by atoms with Gasteiger partial charge in [-0.2, -0.15) is 0 Å². The van der Waals surface area contributed by atoms with Gasteiger partial charge in [-0.1, -0.05) is 31.2 Å². The van der Waals surface area contributed by atoms with Crippen molar-refractivity contribution in [3.8, 4) is 0 Å². The standard InChI is InChI=1S/C18H23FN2/c1-4-13-20-14(2)18-16(19)11-8-12-17(18)21(3)15-9-6-5-7-10-15/h5-12,14,20H,4,13H2,1-3H3. The van der Waals surface area contributed by atoms with E-state index in [-0.39, 0.29) is 11.9 Å². The molecule has 0 bridgehead atoms. The Labute approximate surface area is 126 Å². The maximum atomic E-state index is 14.3. The summed E-state index contributed by atoms with van der Waals surface area (Å²) in [5, 5.41) is 3.37. The van der Waals surface area contributed by atoms with Gasteiger partial charge in [0.15, 0.2) is 0 Å². The third kappa shape index (κ3) is 3.61. The number of benzene rings is 2. The molecule has 0 fully saturated rings. The van der Waals surface area contributed by atoms with Gasteiger partial charge in [-0.25, -0.2) is 4.39 Å². The molecule has 0 heterocycles. The molecule has 0 radical (unpaired) electrons. The maximum Gasteiger partial charge on any atom is 0.130 e. The van der Waals surface area contributed by atoms with Crippen molar-refractivity contribution in [2.24, 2.45) is 0 Å². The molecule has 2 rings (SSSR count). The predicted octanol–water partition coefficient (Wildman–Crippen LogP) is 4.65. The van der Waals surface area contributed by atoms with E-state index in [4.69, 9.17) is 0 Å². The average Bonchev–Trinajstić information content (AvgIpc) is 2.52. The highest BCUT2D eigenvalue weighted by molar-refractivity contribution is 5.66. The number of para-hydroxylation sites is 1. The molecule has 1 N–H and O–H groups in total. The van der Waals surface area contributed by atoms with Gasteiger partial charge < -0.3 is 10.2 Å². The lowest BCUT2D eigenvalue weighted by atomic mass is 10.0. The average molecular weight is 286 g/mol. The lowest BCUT2D eigenvalue weighted by Crippen LogP contribution is -2.23. The van der Waals surface area contributed by atoms with Gasteiger partial charge in [0, 0.05) is 30.0 Å². The first-order valence-electron chi connectivity index (χ1n) is 7.45. The zero-order chi connectivity index (χ0) is 15.2.